The van der Waals surface area contributed by atoms with Gasteiger partial charge < -0.3 is 5.32 Å². The van der Waals surface area contributed by atoms with E-state index >= 15 is 0 Å². The molecule has 0 aliphatic carbocycles. The number of halogens is 1. The minimum Gasteiger partial charge on any atom is -0.319 e. The largest absolute Gasteiger partial charge is 0.319 e. The zero-order valence-corrected chi connectivity index (χ0v) is 9.40. The first-order chi connectivity index (χ1) is 6.72. The Labute approximate surface area is 89.1 Å². The summed E-state index contributed by atoms with van der Waals surface area (Å²) in [7, 11) is 1.95. The van der Waals surface area contributed by atoms with Crippen LogP contribution in [0, 0.1) is 11.7 Å². The molecule has 0 spiro atoms. The van der Waals surface area contributed by atoms with Crippen molar-refractivity contribution < 1.29 is 4.39 Å². The molecule has 0 aliphatic heterocycles. The van der Waals surface area contributed by atoms with Gasteiger partial charge in [0.15, 0.2) is 0 Å². The van der Waals surface area contributed by atoms with E-state index in [-0.39, 0.29) is 5.82 Å². The lowest BCUT2D eigenvalue weighted by atomic mass is 10.2. The van der Waals surface area contributed by atoms with Gasteiger partial charge in [0.1, 0.15) is 5.82 Å². The molecule has 1 aromatic rings. The highest BCUT2D eigenvalue weighted by atomic mass is 32.2. The zero-order valence-electron chi connectivity index (χ0n) is 8.59. The van der Waals surface area contributed by atoms with E-state index in [9.17, 15) is 4.39 Å². The molecular weight excluding hydrogens is 197 g/mol. The summed E-state index contributed by atoms with van der Waals surface area (Å²) in [6, 6.07) is 6.75. The monoisotopic (exact) mass is 213 g/mol. The van der Waals surface area contributed by atoms with Gasteiger partial charge in [0, 0.05) is 10.6 Å². The van der Waals surface area contributed by atoms with Gasteiger partial charge in [-0.3, -0.25) is 0 Å². The lowest BCUT2D eigenvalue weighted by Gasteiger charge is -2.09. The molecule has 14 heavy (non-hydrogen) atoms. The highest BCUT2D eigenvalue weighted by Gasteiger charge is 2.02. The van der Waals surface area contributed by atoms with E-state index in [0.717, 1.165) is 17.2 Å². The third-order valence-corrected chi connectivity index (χ3v) is 3.21. The molecule has 1 atom stereocenters. The van der Waals surface area contributed by atoms with Gasteiger partial charge in [-0.25, -0.2) is 4.39 Å². The highest BCUT2D eigenvalue weighted by Crippen LogP contribution is 2.20. The van der Waals surface area contributed by atoms with Gasteiger partial charge in [0.05, 0.1) is 0 Å². The molecule has 0 saturated carbocycles. The van der Waals surface area contributed by atoms with Gasteiger partial charge in [-0.05, 0) is 37.7 Å². The smallest absolute Gasteiger partial charge is 0.124 e. The lowest BCUT2D eigenvalue weighted by molar-refractivity contribution is 0.603. The van der Waals surface area contributed by atoms with Gasteiger partial charge in [0.2, 0.25) is 0 Å². The molecule has 0 amide bonds. The van der Waals surface area contributed by atoms with Crippen molar-refractivity contribution in [3.8, 4) is 0 Å². The standard InChI is InChI=1S/C11H16FNS/c1-9(7-13-2)8-14-11-5-3-4-10(12)6-11/h3-6,9,13H,7-8H2,1-2H3. The summed E-state index contributed by atoms with van der Waals surface area (Å²) in [6.07, 6.45) is 0. The van der Waals surface area contributed by atoms with E-state index in [4.69, 9.17) is 0 Å². The van der Waals surface area contributed by atoms with Crippen LogP contribution >= 0.6 is 11.8 Å². The van der Waals surface area contributed by atoms with E-state index in [2.05, 4.69) is 12.2 Å². The van der Waals surface area contributed by atoms with Crippen LogP contribution in [0.1, 0.15) is 6.92 Å². The molecule has 0 aromatic heterocycles. The van der Waals surface area contributed by atoms with Gasteiger partial charge in [-0.15, -0.1) is 11.8 Å². The molecule has 1 rings (SSSR count). The number of hydrogen-bond acceptors (Lipinski definition) is 2. The summed E-state index contributed by atoms with van der Waals surface area (Å²) in [6.45, 7) is 3.19. The summed E-state index contributed by atoms with van der Waals surface area (Å²) < 4.78 is 12.8. The predicted molar refractivity (Wildman–Crippen MR) is 60.2 cm³/mol. The molecule has 0 heterocycles. The molecule has 0 aliphatic rings. The van der Waals surface area contributed by atoms with Crippen molar-refractivity contribution in [2.24, 2.45) is 5.92 Å². The Kier molecular flexibility index (Phi) is 4.98. The van der Waals surface area contributed by atoms with Crippen molar-refractivity contribution >= 4 is 11.8 Å². The normalized spacial score (nSPS) is 12.8. The van der Waals surface area contributed by atoms with Crippen LogP contribution in [-0.2, 0) is 0 Å². The average Bonchev–Trinajstić information content (AvgIpc) is 2.15. The summed E-state index contributed by atoms with van der Waals surface area (Å²) in [5.41, 5.74) is 0. The first-order valence-electron chi connectivity index (χ1n) is 4.75. The second-order valence-corrected chi connectivity index (χ2v) is 4.52. The van der Waals surface area contributed by atoms with E-state index in [1.165, 1.54) is 6.07 Å². The number of benzene rings is 1. The topological polar surface area (TPSA) is 12.0 Å². The molecule has 78 valence electrons. The second kappa shape index (κ2) is 6.04. The van der Waals surface area contributed by atoms with Gasteiger partial charge >= 0.3 is 0 Å². The van der Waals surface area contributed by atoms with Crippen molar-refractivity contribution in [2.75, 3.05) is 19.3 Å². The quantitative estimate of drug-likeness (QED) is 0.755. The number of rotatable bonds is 5. The van der Waals surface area contributed by atoms with E-state index in [1.807, 2.05) is 13.1 Å². The van der Waals surface area contributed by atoms with Gasteiger partial charge in [-0.2, -0.15) is 0 Å². The van der Waals surface area contributed by atoms with Crippen LogP contribution in [0.4, 0.5) is 4.39 Å². The molecule has 1 aromatic carbocycles. The van der Waals surface area contributed by atoms with Crippen LogP contribution in [-0.4, -0.2) is 19.3 Å². The highest BCUT2D eigenvalue weighted by molar-refractivity contribution is 7.99. The minimum atomic E-state index is -0.156. The van der Waals surface area contributed by atoms with Crippen molar-refractivity contribution in [3.05, 3.63) is 30.1 Å². The Morgan fingerprint density at radius 3 is 2.93 bits per heavy atom. The zero-order chi connectivity index (χ0) is 10.4. The molecule has 0 radical (unpaired) electrons. The third kappa shape index (κ3) is 4.11. The Morgan fingerprint density at radius 1 is 1.50 bits per heavy atom. The summed E-state index contributed by atoms with van der Waals surface area (Å²) in [4.78, 5) is 1.01. The summed E-state index contributed by atoms with van der Waals surface area (Å²) in [5, 5.41) is 3.13. The lowest BCUT2D eigenvalue weighted by Crippen LogP contribution is -2.17. The summed E-state index contributed by atoms with van der Waals surface area (Å²) in [5.74, 6) is 1.47. The molecule has 3 heteroatoms. The van der Waals surface area contributed by atoms with Crippen LogP contribution in [0.3, 0.4) is 0 Å². The second-order valence-electron chi connectivity index (χ2n) is 3.43. The molecule has 1 N–H and O–H groups in total. The Balaban J connectivity index is 2.37. The Morgan fingerprint density at radius 2 is 2.29 bits per heavy atom. The fourth-order valence-electron chi connectivity index (χ4n) is 1.20. The van der Waals surface area contributed by atoms with Crippen LogP contribution in [0.2, 0.25) is 0 Å². The van der Waals surface area contributed by atoms with E-state index in [1.54, 1.807) is 23.9 Å². The first kappa shape index (κ1) is 11.5. The third-order valence-electron chi connectivity index (χ3n) is 1.88. The molecular formula is C11H16FNS. The molecule has 0 saturated heterocycles. The van der Waals surface area contributed by atoms with Crippen molar-refractivity contribution in [1.82, 2.24) is 5.32 Å². The predicted octanol–water partition coefficient (Wildman–Crippen LogP) is 2.77. The fraction of sp³-hybridized carbons (Fsp3) is 0.455. The molecule has 1 nitrogen and oxygen atoms in total. The fourth-order valence-corrected chi connectivity index (χ4v) is 2.17. The molecule has 0 bridgehead atoms. The SMILES string of the molecule is CNCC(C)CSc1cccc(F)c1. The Hall–Kier alpha value is -0.540. The maximum atomic E-state index is 12.8. The number of nitrogens with one attached hydrogen (secondary N) is 1. The van der Waals surface area contributed by atoms with Crippen LogP contribution < -0.4 is 5.32 Å². The average molecular weight is 213 g/mol. The molecule has 0 fully saturated rings. The van der Waals surface area contributed by atoms with Gasteiger partial charge in [0.25, 0.3) is 0 Å². The van der Waals surface area contributed by atoms with Gasteiger partial charge in [-0.1, -0.05) is 13.0 Å². The number of hydrogen-bond donors (Lipinski definition) is 1. The number of thioether (sulfide) groups is 1. The van der Waals surface area contributed by atoms with E-state index < -0.39 is 0 Å². The van der Waals surface area contributed by atoms with Crippen molar-refractivity contribution in [1.29, 1.82) is 0 Å². The van der Waals surface area contributed by atoms with Crippen LogP contribution in [0.15, 0.2) is 29.2 Å². The Bertz CT molecular complexity index is 278. The minimum absolute atomic E-state index is 0.156. The van der Waals surface area contributed by atoms with E-state index in [0.29, 0.717) is 5.92 Å². The maximum absolute atomic E-state index is 12.8. The van der Waals surface area contributed by atoms with Crippen molar-refractivity contribution in [2.45, 2.75) is 11.8 Å². The van der Waals surface area contributed by atoms with Crippen LogP contribution in [0.25, 0.3) is 0 Å². The van der Waals surface area contributed by atoms with Crippen molar-refractivity contribution in [3.63, 3.8) is 0 Å². The maximum Gasteiger partial charge on any atom is 0.124 e. The first-order valence-corrected chi connectivity index (χ1v) is 5.74. The van der Waals surface area contributed by atoms with Crippen LogP contribution in [0.5, 0.6) is 0 Å². The summed E-state index contributed by atoms with van der Waals surface area (Å²) >= 11 is 1.70. The molecule has 1 unspecified atom stereocenters.